The molecule has 1 aliphatic rings. The van der Waals surface area contributed by atoms with Crippen molar-refractivity contribution in [1.82, 2.24) is 10.2 Å². The molecule has 0 radical (unpaired) electrons. The lowest BCUT2D eigenvalue weighted by Gasteiger charge is -2.24. The molecular formula is C15H21FN2O3. The lowest BCUT2D eigenvalue weighted by molar-refractivity contribution is -0.130. The smallest absolute Gasteiger partial charge is 0.241 e. The highest BCUT2D eigenvalue weighted by atomic mass is 19.1. The Morgan fingerprint density at radius 3 is 2.86 bits per heavy atom. The van der Waals surface area contributed by atoms with Crippen LogP contribution >= 0.6 is 0 Å². The minimum atomic E-state index is -0.311. The Balaban J connectivity index is 2.00. The van der Waals surface area contributed by atoms with Crippen LogP contribution in [-0.4, -0.2) is 50.3 Å². The second kappa shape index (κ2) is 7.49. The van der Waals surface area contributed by atoms with Crippen LogP contribution in [0.1, 0.15) is 18.7 Å². The molecule has 21 heavy (non-hydrogen) atoms. The Kier molecular flexibility index (Phi) is 5.67. The predicted molar refractivity (Wildman–Crippen MR) is 76.1 cm³/mol. The van der Waals surface area contributed by atoms with Gasteiger partial charge < -0.3 is 14.4 Å². The third kappa shape index (κ3) is 4.00. The molecule has 2 unspecified atom stereocenters. The number of nitrogens with one attached hydrogen (secondary N) is 1. The number of carbonyl (C=O) groups excluding carboxylic acids is 1. The van der Waals surface area contributed by atoms with E-state index in [1.165, 1.54) is 12.1 Å². The fraction of sp³-hybridized carbons (Fsp3) is 0.533. The van der Waals surface area contributed by atoms with Crippen LogP contribution in [0.3, 0.4) is 0 Å². The molecule has 1 aliphatic heterocycles. The van der Waals surface area contributed by atoms with Crippen LogP contribution in [0.15, 0.2) is 24.3 Å². The normalized spacial score (nSPS) is 22.0. The molecule has 116 valence electrons. The summed E-state index contributed by atoms with van der Waals surface area (Å²) in [4.78, 5) is 13.9. The highest BCUT2D eigenvalue weighted by Gasteiger charge is 2.36. The van der Waals surface area contributed by atoms with E-state index in [-0.39, 0.29) is 23.9 Å². The second-order valence-corrected chi connectivity index (χ2v) is 4.98. The van der Waals surface area contributed by atoms with Crippen molar-refractivity contribution in [1.29, 1.82) is 0 Å². The van der Waals surface area contributed by atoms with E-state index in [0.717, 1.165) is 5.56 Å². The maximum Gasteiger partial charge on any atom is 0.241 e. The Morgan fingerprint density at radius 1 is 1.33 bits per heavy atom. The van der Waals surface area contributed by atoms with E-state index in [4.69, 9.17) is 9.47 Å². The molecule has 5 nitrogen and oxygen atoms in total. The molecule has 0 spiro atoms. The number of halogens is 1. The zero-order valence-electron chi connectivity index (χ0n) is 12.3. The van der Waals surface area contributed by atoms with Crippen molar-refractivity contribution in [3.05, 3.63) is 35.6 Å². The average molecular weight is 296 g/mol. The van der Waals surface area contributed by atoms with Gasteiger partial charge in [-0.15, -0.1) is 0 Å². The maximum absolute atomic E-state index is 13.4. The molecular weight excluding hydrogens is 275 g/mol. The Bertz CT molecular complexity index is 484. The number of hydrogen-bond donors (Lipinski definition) is 1. The van der Waals surface area contributed by atoms with E-state index in [2.05, 4.69) is 5.32 Å². The highest BCUT2D eigenvalue weighted by Crippen LogP contribution is 2.25. The van der Waals surface area contributed by atoms with Crippen molar-refractivity contribution in [2.24, 2.45) is 0 Å². The number of methoxy groups -OCH3 is 1. The molecule has 0 aliphatic carbocycles. The topological polar surface area (TPSA) is 50.8 Å². The number of hydrogen-bond acceptors (Lipinski definition) is 4. The van der Waals surface area contributed by atoms with Gasteiger partial charge in [-0.3, -0.25) is 10.1 Å². The zero-order chi connectivity index (χ0) is 15.2. The zero-order valence-corrected chi connectivity index (χ0v) is 12.3. The van der Waals surface area contributed by atoms with Gasteiger partial charge in [-0.1, -0.05) is 12.1 Å². The summed E-state index contributed by atoms with van der Waals surface area (Å²) in [5.74, 6) is -0.308. The molecule has 1 saturated heterocycles. The van der Waals surface area contributed by atoms with E-state index >= 15 is 0 Å². The van der Waals surface area contributed by atoms with E-state index in [1.807, 2.05) is 6.07 Å². The minimum Gasteiger partial charge on any atom is -0.382 e. The molecule has 0 bridgehead atoms. The quantitative estimate of drug-likeness (QED) is 0.771. The van der Waals surface area contributed by atoms with Crippen LogP contribution in [-0.2, 0) is 14.3 Å². The molecule has 1 heterocycles. The largest absolute Gasteiger partial charge is 0.382 e. The van der Waals surface area contributed by atoms with Crippen LogP contribution < -0.4 is 5.32 Å². The van der Waals surface area contributed by atoms with Crippen LogP contribution in [0.25, 0.3) is 0 Å². The molecule has 0 aromatic heterocycles. The first-order valence-corrected chi connectivity index (χ1v) is 7.02. The third-order valence-electron chi connectivity index (χ3n) is 3.45. The van der Waals surface area contributed by atoms with Crippen molar-refractivity contribution in [3.63, 3.8) is 0 Å². The van der Waals surface area contributed by atoms with Crippen LogP contribution in [0.2, 0.25) is 0 Å². The lowest BCUT2D eigenvalue weighted by atomic mass is 10.1. The first kappa shape index (κ1) is 15.9. The summed E-state index contributed by atoms with van der Waals surface area (Å²) in [6.45, 7) is 3.71. The molecule has 1 amide bonds. The van der Waals surface area contributed by atoms with Gasteiger partial charge in [0, 0.05) is 13.7 Å². The number of amides is 1. The summed E-state index contributed by atoms with van der Waals surface area (Å²) in [5.41, 5.74) is 0.740. The number of carbonyl (C=O) groups is 1. The van der Waals surface area contributed by atoms with Gasteiger partial charge in [0.1, 0.15) is 12.0 Å². The van der Waals surface area contributed by atoms with Gasteiger partial charge in [0.2, 0.25) is 5.91 Å². The van der Waals surface area contributed by atoms with Crippen molar-refractivity contribution in [2.75, 3.05) is 33.5 Å². The van der Waals surface area contributed by atoms with Crippen molar-refractivity contribution >= 4 is 5.91 Å². The molecule has 2 atom stereocenters. The van der Waals surface area contributed by atoms with E-state index in [1.54, 1.807) is 25.0 Å². The van der Waals surface area contributed by atoms with Gasteiger partial charge in [-0.2, -0.15) is 0 Å². The van der Waals surface area contributed by atoms with Gasteiger partial charge in [-0.25, -0.2) is 4.39 Å². The third-order valence-corrected chi connectivity index (χ3v) is 3.45. The molecule has 2 rings (SSSR count). The Hall–Kier alpha value is -1.50. The number of benzene rings is 1. The minimum absolute atomic E-state index is 0.000368. The standard InChI is InChI=1S/C15H21FN2O3/c1-11-15(19)18(6-7-21-9-8-20-2)14(17-11)12-4-3-5-13(16)10-12/h3-5,10-11,14,17H,6-9H2,1-2H3. The van der Waals surface area contributed by atoms with E-state index < -0.39 is 0 Å². The Morgan fingerprint density at radius 2 is 2.14 bits per heavy atom. The van der Waals surface area contributed by atoms with Gasteiger partial charge >= 0.3 is 0 Å². The van der Waals surface area contributed by atoms with Crippen molar-refractivity contribution in [2.45, 2.75) is 19.1 Å². The Labute approximate surface area is 124 Å². The molecule has 1 aromatic carbocycles. The van der Waals surface area contributed by atoms with Crippen LogP contribution in [0.5, 0.6) is 0 Å². The van der Waals surface area contributed by atoms with Crippen LogP contribution in [0.4, 0.5) is 4.39 Å². The maximum atomic E-state index is 13.4. The van der Waals surface area contributed by atoms with Gasteiger partial charge in [0.15, 0.2) is 0 Å². The number of ether oxygens (including phenoxy) is 2. The summed E-state index contributed by atoms with van der Waals surface area (Å²) >= 11 is 0. The first-order valence-electron chi connectivity index (χ1n) is 7.02. The van der Waals surface area contributed by atoms with Gasteiger partial charge in [-0.05, 0) is 24.6 Å². The molecule has 1 N–H and O–H groups in total. The monoisotopic (exact) mass is 296 g/mol. The van der Waals surface area contributed by atoms with E-state index in [9.17, 15) is 9.18 Å². The second-order valence-electron chi connectivity index (χ2n) is 4.98. The summed E-state index contributed by atoms with van der Waals surface area (Å²) in [7, 11) is 1.61. The van der Waals surface area contributed by atoms with Gasteiger partial charge in [0.05, 0.1) is 25.9 Å². The summed E-state index contributed by atoms with van der Waals surface area (Å²) in [6, 6.07) is 6.01. The molecule has 1 fully saturated rings. The molecule has 0 saturated carbocycles. The van der Waals surface area contributed by atoms with Crippen molar-refractivity contribution < 1.29 is 18.7 Å². The fourth-order valence-electron chi connectivity index (χ4n) is 2.37. The average Bonchev–Trinajstić information content (AvgIpc) is 2.75. The molecule has 6 heteroatoms. The summed E-state index contributed by atoms with van der Waals surface area (Å²) < 4.78 is 23.7. The van der Waals surface area contributed by atoms with Gasteiger partial charge in [0.25, 0.3) is 0 Å². The number of rotatable bonds is 7. The summed E-state index contributed by atoms with van der Waals surface area (Å²) in [5, 5.41) is 3.18. The van der Waals surface area contributed by atoms with E-state index in [0.29, 0.717) is 26.4 Å². The van der Waals surface area contributed by atoms with Crippen molar-refractivity contribution in [3.8, 4) is 0 Å². The SMILES string of the molecule is COCCOCCN1C(=O)C(C)NC1c1cccc(F)c1. The van der Waals surface area contributed by atoms with Crippen LogP contribution in [0, 0.1) is 5.82 Å². The highest BCUT2D eigenvalue weighted by molar-refractivity contribution is 5.84. The summed E-state index contributed by atoms with van der Waals surface area (Å²) in [6.07, 6.45) is -0.311. The first-order chi connectivity index (χ1) is 10.1. The number of nitrogens with zero attached hydrogens (tertiary/aromatic N) is 1. The predicted octanol–water partition coefficient (Wildman–Crippen LogP) is 1.31. The molecule has 1 aromatic rings. The fourth-order valence-corrected chi connectivity index (χ4v) is 2.37. The lowest BCUT2D eigenvalue weighted by Crippen LogP contribution is -2.34.